The van der Waals surface area contributed by atoms with Crippen molar-refractivity contribution >= 4 is 23.2 Å². The number of thiocarbonyl (C=S) groups is 1. The molecular formula is C12H16N2O2S. The van der Waals surface area contributed by atoms with Gasteiger partial charge in [0.25, 0.3) is 5.91 Å². The first-order chi connectivity index (χ1) is 8.17. The maximum Gasteiger partial charge on any atom is 0.257 e. The Balaban J connectivity index is 2.54. The molecule has 1 amide bonds. The lowest BCUT2D eigenvalue weighted by atomic mass is 10.2. The Kier molecular flexibility index (Phi) is 5.42. The van der Waals surface area contributed by atoms with Gasteiger partial charge in [0.1, 0.15) is 5.75 Å². The van der Waals surface area contributed by atoms with Crippen molar-refractivity contribution in [3.63, 3.8) is 0 Å². The molecular weight excluding hydrogens is 236 g/mol. The van der Waals surface area contributed by atoms with E-state index >= 15 is 0 Å². The van der Waals surface area contributed by atoms with Crippen molar-refractivity contribution in [1.82, 2.24) is 10.6 Å². The maximum absolute atomic E-state index is 11.7. The second-order valence-corrected chi connectivity index (χ2v) is 3.85. The van der Waals surface area contributed by atoms with Crippen LogP contribution in [0.25, 0.3) is 0 Å². The van der Waals surface area contributed by atoms with Crippen LogP contribution in [0, 0.1) is 0 Å². The average molecular weight is 252 g/mol. The van der Waals surface area contributed by atoms with E-state index in [0.29, 0.717) is 16.4 Å². The van der Waals surface area contributed by atoms with E-state index in [1.165, 1.54) is 0 Å². The van der Waals surface area contributed by atoms with E-state index in [1.807, 2.05) is 6.92 Å². The summed E-state index contributed by atoms with van der Waals surface area (Å²) in [6, 6.07) is 6.85. The van der Waals surface area contributed by atoms with Crippen LogP contribution in [0.1, 0.15) is 23.7 Å². The van der Waals surface area contributed by atoms with E-state index in [1.54, 1.807) is 31.4 Å². The topological polar surface area (TPSA) is 50.4 Å². The van der Waals surface area contributed by atoms with Crippen molar-refractivity contribution in [1.29, 1.82) is 0 Å². The standard InChI is InChI=1S/C12H16N2O2S/c1-3-8-13-12(17)14-11(15)9-4-6-10(16-2)7-5-9/h4-7H,3,8H2,1-2H3,(H2,13,14,15,17). The van der Waals surface area contributed by atoms with Gasteiger partial charge < -0.3 is 10.1 Å². The predicted molar refractivity (Wildman–Crippen MR) is 71.4 cm³/mol. The monoisotopic (exact) mass is 252 g/mol. The fourth-order valence-corrected chi connectivity index (χ4v) is 1.40. The minimum absolute atomic E-state index is 0.221. The first-order valence-corrected chi connectivity index (χ1v) is 5.81. The summed E-state index contributed by atoms with van der Waals surface area (Å²) in [7, 11) is 1.58. The van der Waals surface area contributed by atoms with Crippen molar-refractivity contribution in [2.75, 3.05) is 13.7 Å². The molecule has 0 aromatic heterocycles. The summed E-state index contributed by atoms with van der Waals surface area (Å²) in [5.41, 5.74) is 0.548. The predicted octanol–water partition coefficient (Wildman–Crippen LogP) is 1.71. The molecule has 0 aliphatic heterocycles. The molecule has 0 aliphatic carbocycles. The second-order valence-electron chi connectivity index (χ2n) is 3.44. The molecule has 0 fully saturated rings. The Morgan fingerprint density at radius 1 is 1.35 bits per heavy atom. The van der Waals surface area contributed by atoms with E-state index in [-0.39, 0.29) is 5.91 Å². The van der Waals surface area contributed by atoms with Gasteiger partial charge in [0.2, 0.25) is 0 Å². The molecule has 0 radical (unpaired) electrons. The van der Waals surface area contributed by atoms with Gasteiger partial charge >= 0.3 is 0 Å². The number of carbonyl (C=O) groups excluding carboxylic acids is 1. The number of amides is 1. The number of hydrogen-bond donors (Lipinski definition) is 2. The summed E-state index contributed by atoms with van der Waals surface area (Å²) < 4.78 is 5.01. The smallest absolute Gasteiger partial charge is 0.257 e. The van der Waals surface area contributed by atoms with Crippen molar-refractivity contribution < 1.29 is 9.53 Å². The van der Waals surface area contributed by atoms with Gasteiger partial charge in [-0.3, -0.25) is 10.1 Å². The number of ether oxygens (including phenoxy) is 1. The van der Waals surface area contributed by atoms with E-state index in [2.05, 4.69) is 10.6 Å². The van der Waals surface area contributed by atoms with E-state index in [9.17, 15) is 4.79 Å². The molecule has 5 heteroatoms. The third-order valence-electron chi connectivity index (χ3n) is 2.11. The molecule has 0 bridgehead atoms. The quantitative estimate of drug-likeness (QED) is 0.801. The Morgan fingerprint density at radius 2 is 2.00 bits per heavy atom. The van der Waals surface area contributed by atoms with Gasteiger partial charge in [-0.15, -0.1) is 0 Å². The Bertz CT molecular complexity index is 390. The molecule has 17 heavy (non-hydrogen) atoms. The fourth-order valence-electron chi connectivity index (χ4n) is 1.20. The molecule has 4 nitrogen and oxygen atoms in total. The van der Waals surface area contributed by atoms with Crippen molar-refractivity contribution in [3.05, 3.63) is 29.8 Å². The first-order valence-electron chi connectivity index (χ1n) is 5.40. The summed E-state index contributed by atoms with van der Waals surface area (Å²) in [6.07, 6.45) is 0.957. The van der Waals surface area contributed by atoms with Crippen LogP contribution in [-0.2, 0) is 0 Å². The molecule has 0 aliphatic rings. The fraction of sp³-hybridized carbons (Fsp3) is 0.333. The normalized spacial score (nSPS) is 9.53. The van der Waals surface area contributed by atoms with Crippen LogP contribution in [0.15, 0.2) is 24.3 Å². The summed E-state index contributed by atoms with van der Waals surface area (Å²) in [5.74, 6) is 0.495. The Morgan fingerprint density at radius 3 is 2.53 bits per heavy atom. The second kappa shape index (κ2) is 6.85. The number of methoxy groups -OCH3 is 1. The van der Waals surface area contributed by atoms with Crippen LogP contribution in [-0.4, -0.2) is 24.7 Å². The summed E-state index contributed by atoms with van der Waals surface area (Å²) >= 11 is 4.98. The van der Waals surface area contributed by atoms with Gasteiger partial charge in [-0.25, -0.2) is 0 Å². The van der Waals surface area contributed by atoms with Gasteiger partial charge in [-0.1, -0.05) is 6.92 Å². The maximum atomic E-state index is 11.7. The number of hydrogen-bond acceptors (Lipinski definition) is 3. The number of nitrogens with one attached hydrogen (secondary N) is 2. The zero-order valence-corrected chi connectivity index (χ0v) is 10.8. The van der Waals surface area contributed by atoms with Gasteiger partial charge in [0.15, 0.2) is 5.11 Å². The molecule has 1 aromatic rings. The van der Waals surface area contributed by atoms with Gasteiger partial charge in [-0.05, 0) is 42.9 Å². The molecule has 92 valence electrons. The highest BCUT2D eigenvalue weighted by atomic mass is 32.1. The molecule has 1 rings (SSSR count). The van der Waals surface area contributed by atoms with Crippen LogP contribution in [0.4, 0.5) is 0 Å². The number of rotatable bonds is 4. The number of benzene rings is 1. The summed E-state index contributed by atoms with van der Waals surface area (Å²) in [6.45, 7) is 2.78. The molecule has 0 heterocycles. The molecule has 0 atom stereocenters. The van der Waals surface area contributed by atoms with E-state index in [4.69, 9.17) is 17.0 Å². The lowest BCUT2D eigenvalue weighted by molar-refractivity contribution is 0.0976. The van der Waals surface area contributed by atoms with Gasteiger partial charge in [-0.2, -0.15) is 0 Å². The molecule has 0 spiro atoms. The van der Waals surface area contributed by atoms with Crippen LogP contribution < -0.4 is 15.4 Å². The molecule has 0 saturated heterocycles. The van der Waals surface area contributed by atoms with E-state index < -0.39 is 0 Å². The van der Waals surface area contributed by atoms with Crippen LogP contribution >= 0.6 is 12.2 Å². The molecule has 0 saturated carbocycles. The van der Waals surface area contributed by atoms with Crippen molar-refractivity contribution in [2.24, 2.45) is 0 Å². The van der Waals surface area contributed by atoms with Crippen molar-refractivity contribution in [3.8, 4) is 5.75 Å². The molecule has 2 N–H and O–H groups in total. The third-order valence-corrected chi connectivity index (χ3v) is 2.36. The molecule has 0 unspecified atom stereocenters. The minimum Gasteiger partial charge on any atom is -0.497 e. The molecule has 1 aromatic carbocycles. The van der Waals surface area contributed by atoms with Gasteiger partial charge in [0, 0.05) is 12.1 Å². The zero-order chi connectivity index (χ0) is 12.7. The lowest BCUT2D eigenvalue weighted by Gasteiger charge is -2.08. The van der Waals surface area contributed by atoms with Crippen LogP contribution in [0.5, 0.6) is 5.75 Å². The van der Waals surface area contributed by atoms with Crippen LogP contribution in [0.2, 0.25) is 0 Å². The summed E-state index contributed by atoms with van der Waals surface area (Å²) in [4.78, 5) is 11.7. The lowest BCUT2D eigenvalue weighted by Crippen LogP contribution is -2.39. The minimum atomic E-state index is -0.221. The van der Waals surface area contributed by atoms with Gasteiger partial charge in [0.05, 0.1) is 7.11 Å². The largest absolute Gasteiger partial charge is 0.497 e. The zero-order valence-electron chi connectivity index (χ0n) is 9.95. The highest BCUT2D eigenvalue weighted by molar-refractivity contribution is 7.80. The highest BCUT2D eigenvalue weighted by Gasteiger charge is 2.06. The SMILES string of the molecule is CCCNC(=S)NC(=O)c1ccc(OC)cc1. The van der Waals surface area contributed by atoms with E-state index in [0.717, 1.165) is 13.0 Å². The van der Waals surface area contributed by atoms with Crippen molar-refractivity contribution in [2.45, 2.75) is 13.3 Å². The van der Waals surface area contributed by atoms with Crippen LogP contribution in [0.3, 0.4) is 0 Å². The third kappa shape index (κ3) is 4.40. The first kappa shape index (κ1) is 13.4. The Labute approximate surface area is 106 Å². The highest BCUT2D eigenvalue weighted by Crippen LogP contribution is 2.10. The average Bonchev–Trinajstić information content (AvgIpc) is 2.36. The summed E-state index contributed by atoms with van der Waals surface area (Å²) in [5, 5.41) is 5.89. The Hall–Kier alpha value is -1.62. The number of carbonyl (C=O) groups is 1.